The molecule has 2 nitrogen and oxygen atoms in total. The molecule has 0 amide bonds. The molecule has 0 unspecified atom stereocenters. The van der Waals surface area contributed by atoms with Crippen molar-refractivity contribution in [2.75, 3.05) is 0 Å². The summed E-state index contributed by atoms with van der Waals surface area (Å²) in [5.74, 6) is 7.46. The monoisotopic (exact) mass is 378 g/mol. The molecule has 150 valence electrons. The Balaban J connectivity index is 2.79. The highest BCUT2D eigenvalue weighted by Crippen LogP contribution is 2.43. The molecule has 1 fully saturated rings. The summed E-state index contributed by atoms with van der Waals surface area (Å²) in [6.07, 6.45) is 9.53. The molecule has 0 aliphatic heterocycles. The second-order valence-electron chi connectivity index (χ2n) is 9.51. The van der Waals surface area contributed by atoms with Crippen molar-refractivity contribution in [1.82, 2.24) is 0 Å². The van der Waals surface area contributed by atoms with Gasteiger partial charge in [-0.25, -0.2) is 0 Å². The third kappa shape index (κ3) is 6.85. The van der Waals surface area contributed by atoms with Crippen molar-refractivity contribution >= 4 is 14.1 Å². The van der Waals surface area contributed by atoms with Gasteiger partial charge in [-0.15, -0.1) is 11.8 Å². The second-order valence-corrected chi connectivity index (χ2v) is 14.3. The van der Waals surface area contributed by atoms with Crippen LogP contribution in [0.1, 0.15) is 92.4 Å². The van der Waals surface area contributed by atoms with Gasteiger partial charge in [0.25, 0.3) is 0 Å². The van der Waals surface area contributed by atoms with Crippen LogP contribution < -0.4 is 0 Å². The molecule has 0 aromatic carbocycles. The van der Waals surface area contributed by atoms with Gasteiger partial charge < -0.3 is 4.43 Å². The van der Waals surface area contributed by atoms with Crippen LogP contribution in [0.15, 0.2) is 0 Å². The molecular formula is C23H42O2Si. The zero-order chi connectivity index (χ0) is 19.8. The fraction of sp³-hybridized carbons (Fsp3) is 0.870. The summed E-state index contributed by atoms with van der Waals surface area (Å²) in [4.78, 5) is 12.7. The molecule has 0 heterocycles. The summed E-state index contributed by atoms with van der Waals surface area (Å²) in [5, 5.41) is 0.183. The minimum Gasteiger partial charge on any atom is -0.413 e. The van der Waals surface area contributed by atoms with Gasteiger partial charge in [0.2, 0.25) is 0 Å². The highest BCUT2D eigenvalue weighted by atomic mass is 28.4. The van der Waals surface area contributed by atoms with E-state index in [1.54, 1.807) is 0 Å². The lowest BCUT2D eigenvalue weighted by Gasteiger charge is -2.40. The summed E-state index contributed by atoms with van der Waals surface area (Å²) in [6, 6.07) is 0. The molecule has 0 aromatic rings. The van der Waals surface area contributed by atoms with Crippen molar-refractivity contribution in [3.05, 3.63) is 0 Å². The van der Waals surface area contributed by atoms with E-state index in [-0.39, 0.29) is 17.1 Å². The predicted molar refractivity (Wildman–Crippen MR) is 115 cm³/mol. The Hall–Kier alpha value is -0.593. The first-order chi connectivity index (χ1) is 12.1. The Morgan fingerprint density at radius 2 is 1.73 bits per heavy atom. The number of unbranched alkanes of at least 4 members (excludes halogenated alkanes) is 4. The Morgan fingerprint density at radius 1 is 1.08 bits per heavy atom. The lowest BCUT2D eigenvalue weighted by molar-refractivity contribution is -0.121. The van der Waals surface area contributed by atoms with E-state index in [9.17, 15) is 4.79 Å². The van der Waals surface area contributed by atoms with Gasteiger partial charge in [-0.3, -0.25) is 4.79 Å². The van der Waals surface area contributed by atoms with Crippen LogP contribution in [-0.2, 0) is 9.22 Å². The average Bonchev–Trinajstić information content (AvgIpc) is 2.82. The summed E-state index contributed by atoms with van der Waals surface area (Å²) in [5.41, 5.74) is 0. The first-order valence-corrected chi connectivity index (χ1v) is 13.7. The van der Waals surface area contributed by atoms with Crippen LogP contribution in [0.5, 0.6) is 0 Å². The van der Waals surface area contributed by atoms with E-state index in [1.807, 2.05) is 0 Å². The van der Waals surface area contributed by atoms with Gasteiger partial charge in [0.15, 0.2) is 8.32 Å². The van der Waals surface area contributed by atoms with Crippen LogP contribution in [0.25, 0.3) is 0 Å². The molecule has 0 N–H and O–H groups in total. The first kappa shape index (κ1) is 23.4. The van der Waals surface area contributed by atoms with E-state index in [1.165, 1.54) is 32.1 Å². The molecule has 0 saturated heterocycles. The molecule has 1 rings (SSSR count). The number of carbonyl (C=O) groups is 1. The third-order valence-electron chi connectivity index (χ3n) is 6.31. The van der Waals surface area contributed by atoms with E-state index < -0.39 is 8.32 Å². The summed E-state index contributed by atoms with van der Waals surface area (Å²) in [6.45, 7) is 15.9. The van der Waals surface area contributed by atoms with E-state index >= 15 is 0 Å². The van der Waals surface area contributed by atoms with Crippen LogP contribution in [0, 0.1) is 23.7 Å². The highest BCUT2D eigenvalue weighted by molar-refractivity contribution is 6.74. The van der Waals surface area contributed by atoms with Gasteiger partial charge in [-0.1, -0.05) is 60.3 Å². The van der Waals surface area contributed by atoms with Gasteiger partial charge in [-0.2, -0.15) is 0 Å². The molecule has 0 spiro atoms. The SMILES string of the molecule is CCCCCC#CC[C@H]1C(=O)C[C@@H](O[Si](C)(C)C(C)(C)C)[C@@H]1CCCC. The van der Waals surface area contributed by atoms with E-state index in [0.717, 1.165) is 19.3 Å². The van der Waals surface area contributed by atoms with Gasteiger partial charge in [0.05, 0.1) is 6.10 Å². The number of rotatable bonds is 9. The molecule has 0 aromatic heterocycles. The van der Waals surface area contributed by atoms with E-state index in [2.05, 4.69) is 59.6 Å². The molecular weight excluding hydrogens is 336 g/mol. The fourth-order valence-electron chi connectivity index (χ4n) is 3.51. The van der Waals surface area contributed by atoms with Crippen molar-refractivity contribution in [2.45, 2.75) is 117 Å². The fourth-order valence-corrected chi connectivity index (χ4v) is 4.88. The Labute approximate surface area is 164 Å². The zero-order valence-electron chi connectivity index (χ0n) is 18.4. The van der Waals surface area contributed by atoms with Crippen LogP contribution in [0.4, 0.5) is 0 Å². The molecule has 0 bridgehead atoms. The van der Waals surface area contributed by atoms with Crippen molar-refractivity contribution in [2.24, 2.45) is 11.8 Å². The molecule has 0 radical (unpaired) electrons. The number of hydrogen-bond acceptors (Lipinski definition) is 2. The summed E-state index contributed by atoms with van der Waals surface area (Å²) in [7, 11) is -1.85. The molecule has 1 aliphatic rings. The molecule has 1 aliphatic carbocycles. The van der Waals surface area contributed by atoms with Crippen molar-refractivity contribution in [1.29, 1.82) is 0 Å². The average molecular weight is 379 g/mol. The van der Waals surface area contributed by atoms with E-state index in [4.69, 9.17) is 4.43 Å². The number of carbonyl (C=O) groups excluding carboxylic acids is 1. The van der Waals surface area contributed by atoms with Crippen LogP contribution in [0.3, 0.4) is 0 Å². The highest BCUT2D eigenvalue weighted by Gasteiger charge is 2.47. The normalized spacial score (nSPS) is 23.8. The minimum absolute atomic E-state index is 0.0926. The quantitative estimate of drug-likeness (QED) is 0.252. The standard InChI is InChI=1S/C23H42O2Si/c1-8-10-12-13-14-15-17-19-20(16-11-9-2)22(18-21(19)24)25-26(6,7)23(3,4)5/h19-20,22H,8-13,16-18H2,1-7H3/t19-,20-,22-/m1/s1. The number of ketones is 1. The minimum atomic E-state index is -1.85. The third-order valence-corrected chi connectivity index (χ3v) is 10.8. The number of Topliss-reactive ketones (excluding diaryl/α,β-unsaturated/α-hetero) is 1. The lowest BCUT2D eigenvalue weighted by atomic mass is 9.87. The van der Waals surface area contributed by atoms with Crippen LogP contribution in [0.2, 0.25) is 18.1 Å². The van der Waals surface area contributed by atoms with Crippen molar-refractivity contribution < 1.29 is 9.22 Å². The summed E-state index contributed by atoms with van der Waals surface area (Å²) >= 11 is 0. The topological polar surface area (TPSA) is 26.3 Å². The maximum atomic E-state index is 12.7. The maximum Gasteiger partial charge on any atom is 0.192 e. The second kappa shape index (κ2) is 10.7. The zero-order valence-corrected chi connectivity index (χ0v) is 19.4. The Bertz CT molecular complexity index is 493. The van der Waals surface area contributed by atoms with Gasteiger partial charge >= 0.3 is 0 Å². The largest absolute Gasteiger partial charge is 0.413 e. The molecule has 26 heavy (non-hydrogen) atoms. The smallest absolute Gasteiger partial charge is 0.192 e. The van der Waals surface area contributed by atoms with E-state index in [0.29, 0.717) is 18.1 Å². The van der Waals surface area contributed by atoms with Crippen LogP contribution >= 0.6 is 0 Å². The number of hydrogen-bond donors (Lipinski definition) is 0. The van der Waals surface area contributed by atoms with Gasteiger partial charge in [0, 0.05) is 25.2 Å². The van der Waals surface area contributed by atoms with Crippen molar-refractivity contribution in [3.63, 3.8) is 0 Å². The van der Waals surface area contributed by atoms with Gasteiger partial charge in [-0.05, 0) is 36.9 Å². The summed E-state index contributed by atoms with van der Waals surface area (Å²) < 4.78 is 6.70. The van der Waals surface area contributed by atoms with Crippen molar-refractivity contribution in [3.8, 4) is 11.8 Å². The first-order valence-electron chi connectivity index (χ1n) is 10.8. The molecule has 1 saturated carbocycles. The van der Waals surface area contributed by atoms with Crippen LogP contribution in [-0.4, -0.2) is 20.2 Å². The molecule has 3 atom stereocenters. The Morgan fingerprint density at radius 3 is 2.31 bits per heavy atom. The molecule has 3 heteroatoms. The maximum absolute atomic E-state index is 12.7. The lowest BCUT2D eigenvalue weighted by Crippen LogP contribution is -2.45. The predicted octanol–water partition coefficient (Wildman–Crippen LogP) is 6.75. The Kier molecular flexibility index (Phi) is 9.62. The van der Waals surface area contributed by atoms with Gasteiger partial charge in [0.1, 0.15) is 5.78 Å².